The maximum atomic E-state index is 11.2. The van der Waals surface area contributed by atoms with E-state index < -0.39 is 10.8 Å². The van der Waals surface area contributed by atoms with Crippen molar-refractivity contribution in [2.75, 3.05) is 0 Å². The van der Waals surface area contributed by atoms with Crippen LogP contribution in [0.4, 0.5) is 5.69 Å². The standard InChI is InChI=1S/C11H14N2O3/c1-11(2,3)9-6-7(13(15)16)4-5-8(9)10(12)14/h4-6H,1-3H3,(H2,12,14). The molecule has 0 spiro atoms. The second-order valence-corrected chi connectivity index (χ2v) is 4.60. The van der Waals surface area contributed by atoms with Crippen molar-refractivity contribution in [2.24, 2.45) is 5.73 Å². The molecule has 0 saturated carbocycles. The molecule has 1 aromatic carbocycles. The van der Waals surface area contributed by atoms with Crippen molar-refractivity contribution in [1.29, 1.82) is 0 Å². The molecule has 0 bridgehead atoms. The average molecular weight is 222 g/mol. The van der Waals surface area contributed by atoms with Crippen molar-refractivity contribution in [3.63, 3.8) is 0 Å². The number of hydrogen-bond acceptors (Lipinski definition) is 3. The zero-order valence-electron chi connectivity index (χ0n) is 9.48. The number of benzene rings is 1. The molecule has 5 nitrogen and oxygen atoms in total. The van der Waals surface area contributed by atoms with E-state index in [4.69, 9.17) is 5.73 Å². The third-order valence-corrected chi connectivity index (χ3v) is 2.29. The van der Waals surface area contributed by atoms with Gasteiger partial charge in [0.1, 0.15) is 0 Å². The molecule has 0 heterocycles. The van der Waals surface area contributed by atoms with Crippen LogP contribution in [0.1, 0.15) is 36.7 Å². The highest BCUT2D eigenvalue weighted by Gasteiger charge is 2.23. The van der Waals surface area contributed by atoms with E-state index in [1.165, 1.54) is 18.2 Å². The number of rotatable bonds is 2. The number of nitro groups is 1. The number of carbonyl (C=O) groups is 1. The normalized spacial score (nSPS) is 11.2. The number of carbonyl (C=O) groups excluding carboxylic acids is 1. The van der Waals surface area contributed by atoms with Crippen LogP contribution < -0.4 is 5.73 Å². The first kappa shape index (κ1) is 12.2. The summed E-state index contributed by atoms with van der Waals surface area (Å²) in [6.45, 7) is 5.62. The van der Waals surface area contributed by atoms with E-state index in [2.05, 4.69) is 0 Å². The van der Waals surface area contributed by atoms with Crippen LogP contribution in [0.2, 0.25) is 0 Å². The summed E-state index contributed by atoms with van der Waals surface area (Å²) < 4.78 is 0. The van der Waals surface area contributed by atoms with Crippen LogP contribution in [-0.4, -0.2) is 10.8 Å². The van der Waals surface area contributed by atoms with Crippen LogP contribution in [0.25, 0.3) is 0 Å². The van der Waals surface area contributed by atoms with E-state index in [0.29, 0.717) is 11.1 Å². The van der Waals surface area contributed by atoms with E-state index in [9.17, 15) is 14.9 Å². The van der Waals surface area contributed by atoms with Crippen LogP contribution >= 0.6 is 0 Å². The van der Waals surface area contributed by atoms with Gasteiger partial charge in [0.2, 0.25) is 5.91 Å². The Bertz CT molecular complexity index is 447. The maximum Gasteiger partial charge on any atom is 0.269 e. The topological polar surface area (TPSA) is 86.2 Å². The summed E-state index contributed by atoms with van der Waals surface area (Å²) in [5.74, 6) is -0.570. The molecule has 5 heteroatoms. The lowest BCUT2D eigenvalue weighted by Crippen LogP contribution is -2.21. The number of nitrogens with zero attached hydrogens (tertiary/aromatic N) is 1. The van der Waals surface area contributed by atoms with Crippen molar-refractivity contribution >= 4 is 11.6 Å². The molecule has 0 saturated heterocycles. The smallest absolute Gasteiger partial charge is 0.269 e. The quantitative estimate of drug-likeness (QED) is 0.613. The van der Waals surface area contributed by atoms with E-state index in [1.54, 1.807) is 0 Å². The van der Waals surface area contributed by atoms with Gasteiger partial charge in [0.15, 0.2) is 0 Å². The van der Waals surface area contributed by atoms with Gasteiger partial charge in [-0.25, -0.2) is 0 Å². The van der Waals surface area contributed by atoms with Gasteiger partial charge < -0.3 is 5.73 Å². The third kappa shape index (κ3) is 2.36. The van der Waals surface area contributed by atoms with Crippen LogP contribution in [0.5, 0.6) is 0 Å². The molecular formula is C11H14N2O3. The summed E-state index contributed by atoms with van der Waals surface area (Å²) in [7, 11) is 0. The Morgan fingerprint density at radius 1 is 1.38 bits per heavy atom. The highest BCUT2D eigenvalue weighted by atomic mass is 16.6. The summed E-state index contributed by atoms with van der Waals surface area (Å²) in [5.41, 5.74) is 5.75. The molecule has 0 atom stereocenters. The fraction of sp³-hybridized carbons (Fsp3) is 0.364. The lowest BCUT2D eigenvalue weighted by molar-refractivity contribution is -0.385. The van der Waals surface area contributed by atoms with E-state index >= 15 is 0 Å². The Morgan fingerprint density at radius 2 is 1.94 bits per heavy atom. The predicted octanol–water partition coefficient (Wildman–Crippen LogP) is 1.99. The molecule has 0 aliphatic rings. The van der Waals surface area contributed by atoms with Gasteiger partial charge in [0.25, 0.3) is 5.69 Å². The molecule has 1 rings (SSSR count). The third-order valence-electron chi connectivity index (χ3n) is 2.29. The highest BCUT2D eigenvalue weighted by molar-refractivity contribution is 5.95. The van der Waals surface area contributed by atoms with Crippen LogP contribution in [0.15, 0.2) is 18.2 Å². The van der Waals surface area contributed by atoms with Gasteiger partial charge in [-0.1, -0.05) is 20.8 Å². The number of amides is 1. The molecule has 16 heavy (non-hydrogen) atoms. The second kappa shape index (κ2) is 3.92. The molecule has 2 N–H and O–H groups in total. The summed E-state index contributed by atoms with van der Waals surface area (Å²) in [6, 6.07) is 4.09. The van der Waals surface area contributed by atoms with Crippen molar-refractivity contribution < 1.29 is 9.72 Å². The first-order chi connectivity index (χ1) is 7.23. The first-order valence-corrected chi connectivity index (χ1v) is 4.82. The largest absolute Gasteiger partial charge is 0.366 e. The summed E-state index contributed by atoms with van der Waals surface area (Å²) in [4.78, 5) is 21.4. The molecule has 1 aromatic rings. The second-order valence-electron chi connectivity index (χ2n) is 4.60. The molecular weight excluding hydrogens is 208 g/mol. The molecule has 86 valence electrons. The Labute approximate surface area is 93.4 Å². The van der Waals surface area contributed by atoms with E-state index in [0.717, 1.165) is 0 Å². The molecule has 1 amide bonds. The summed E-state index contributed by atoms with van der Waals surface area (Å²) in [6.07, 6.45) is 0. The minimum absolute atomic E-state index is 0.0325. The fourth-order valence-electron chi connectivity index (χ4n) is 1.48. The van der Waals surface area contributed by atoms with Gasteiger partial charge in [0.05, 0.1) is 4.92 Å². The van der Waals surface area contributed by atoms with Crippen molar-refractivity contribution in [3.05, 3.63) is 39.4 Å². The Morgan fingerprint density at radius 3 is 2.31 bits per heavy atom. The Hall–Kier alpha value is -1.91. The van der Waals surface area contributed by atoms with Gasteiger partial charge in [-0.3, -0.25) is 14.9 Å². The summed E-state index contributed by atoms with van der Waals surface area (Å²) in [5, 5.41) is 10.7. The molecule has 0 fully saturated rings. The maximum absolute atomic E-state index is 11.2. The van der Waals surface area contributed by atoms with E-state index in [1.807, 2.05) is 20.8 Å². The van der Waals surface area contributed by atoms with Crippen molar-refractivity contribution in [1.82, 2.24) is 0 Å². The number of nitrogens with two attached hydrogens (primary N) is 1. The van der Waals surface area contributed by atoms with Crippen molar-refractivity contribution in [3.8, 4) is 0 Å². The Balaban J connectivity index is 3.45. The molecule has 0 radical (unpaired) electrons. The van der Waals surface area contributed by atoms with Crippen LogP contribution in [0.3, 0.4) is 0 Å². The predicted molar refractivity (Wildman–Crippen MR) is 60.3 cm³/mol. The fourth-order valence-corrected chi connectivity index (χ4v) is 1.48. The number of primary amides is 1. The SMILES string of the molecule is CC(C)(C)c1cc([N+](=O)[O-])ccc1C(N)=O. The average Bonchev–Trinajstić information content (AvgIpc) is 2.15. The van der Waals surface area contributed by atoms with Gasteiger partial charge in [-0.2, -0.15) is 0 Å². The molecule has 0 unspecified atom stereocenters. The number of non-ortho nitro benzene ring substituents is 1. The van der Waals surface area contributed by atoms with Gasteiger partial charge in [0, 0.05) is 17.7 Å². The van der Waals surface area contributed by atoms with Crippen LogP contribution in [0, 0.1) is 10.1 Å². The van der Waals surface area contributed by atoms with E-state index in [-0.39, 0.29) is 11.1 Å². The van der Waals surface area contributed by atoms with Gasteiger partial charge in [-0.15, -0.1) is 0 Å². The lowest BCUT2D eigenvalue weighted by Gasteiger charge is -2.21. The lowest BCUT2D eigenvalue weighted by atomic mass is 9.83. The zero-order chi connectivity index (χ0) is 12.5. The minimum Gasteiger partial charge on any atom is -0.366 e. The number of nitro benzene ring substituents is 1. The van der Waals surface area contributed by atoms with Gasteiger partial charge in [-0.05, 0) is 17.0 Å². The van der Waals surface area contributed by atoms with Gasteiger partial charge >= 0.3 is 0 Å². The monoisotopic (exact) mass is 222 g/mol. The Kier molecular flexibility index (Phi) is 2.98. The summed E-state index contributed by atoms with van der Waals surface area (Å²) >= 11 is 0. The minimum atomic E-state index is -0.570. The van der Waals surface area contributed by atoms with Crippen molar-refractivity contribution in [2.45, 2.75) is 26.2 Å². The molecule has 0 aromatic heterocycles. The number of hydrogen-bond donors (Lipinski definition) is 1. The molecule has 0 aliphatic carbocycles. The zero-order valence-corrected chi connectivity index (χ0v) is 9.48. The first-order valence-electron chi connectivity index (χ1n) is 4.82. The highest BCUT2D eigenvalue weighted by Crippen LogP contribution is 2.29. The molecule has 0 aliphatic heterocycles. The van der Waals surface area contributed by atoms with Crippen LogP contribution in [-0.2, 0) is 5.41 Å².